The van der Waals surface area contributed by atoms with Gasteiger partial charge in [-0.25, -0.2) is 0 Å². The van der Waals surface area contributed by atoms with Gasteiger partial charge in [-0.3, -0.25) is 14.6 Å². The van der Waals surface area contributed by atoms with Gasteiger partial charge in [0.1, 0.15) is 0 Å². The van der Waals surface area contributed by atoms with Crippen molar-refractivity contribution in [2.75, 3.05) is 6.54 Å². The van der Waals surface area contributed by atoms with Crippen LogP contribution in [0.1, 0.15) is 32.6 Å². The molecule has 1 aliphatic carbocycles. The van der Waals surface area contributed by atoms with E-state index >= 15 is 0 Å². The molecule has 0 heterocycles. The molecule has 2 N–H and O–H groups in total. The van der Waals surface area contributed by atoms with Crippen molar-refractivity contribution in [3.8, 4) is 0 Å². The molecule has 1 rings (SSSR count). The third-order valence-electron chi connectivity index (χ3n) is 2.41. The Hall–Kier alpha value is -1.45. The molecule has 0 bridgehead atoms. The molecule has 0 atom stereocenters. The molecule has 0 saturated heterocycles. The number of aldehydes is 1. The predicted molar refractivity (Wildman–Crippen MR) is 58.7 cm³/mol. The van der Waals surface area contributed by atoms with Crippen molar-refractivity contribution >= 4 is 17.8 Å². The van der Waals surface area contributed by atoms with Gasteiger partial charge in [-0.05, 0) is 38.2 Å². The molecule has 0 aromatic carbocycles. The molecular formula is C11H16N2O2. The van der Waals surface area contributed by atoms with Crippen LogP contribution in [0.25, 0.3) is 0 Å². The molecule has 1 saturated carbocycles. The van der Waals surface area contributed by atoms with Gasteiger partial charge in [0.05, 0.1) is 12.2 Å². The average Bonchev–Trinajstić information content (AvgIpc) is 2.25. The summed E-state index contributed by atoms with van der Waals surface area (Å²) in [6.07, 6.45) is 4.34. The van der Waals surface area contributed by atoms with Crippen LogP contribution in [0.5, 0.6) is 0 Å². The van der Waals surface area contributed by atoms with Crippen molar-refractivity contribution in [3.05, 3.63) is 11.3 Å². The summed E-state index contributed by atoms with van der Waals surface area (Å²) in [6, 6.07) is 0. The van der Waals surface area contributed by atoms with Crippen LogP contribution in [0.15, 0.2) is 16.3 Å². The fourth-order valence-corrected chi connectivity index (χ4v) is 1.65. The average molecular weight is 208 g/mol. The summed E-state index contributed by atoms with van der Waals surface area (Å²) >= 11 is 0. The smallest absolute Gasteiger partial charge is 0.166 e. The van der Waals surface area contributed by atoms with E-state index in [1.807, 2.05) is 0 Å². The van der Waals surface area contributed by atoms with E-state index in [1.165, 1.54) is 6.92 Å². The second-order valence-corrected chi connectivity index (χ2v) is 3.72. The van der Waals surface area contributed by atoms with Gasteiger partial charge >= 0.3 is 0 Å². The van der Waals surface area contributed by atoms with Crippen LogP contribution >= 0.6 is 0 Å². The third-order valence-corrected chi connectivity index (χ3v) is 2.41. The number of ketones is 1. The summed E-state index contributed by atoms with van der Waals surface area (Å²) in [5.74, 6) is 0.0251. The van der Waals surface area contributed by atoms with Gasteiger partial charge in [-0.15, -0.1) is 0 Å². The molecule has 1 fully saturated rings. The molecule has 82 valence electrons. The minimum absolute atomic E-state index is 0.0251. The van der Waals surface area contributed by atoms with Gasteiger partial charge in [0.25, 0.3) is 0 Å². The first-order valence-corrected chi connectivity index (χ1v) is 5.12. The molecule has 0 unspecified atom stereocenters. The molecule has 0 aromatic rings. The Morgan fingerprint density at radius 2 is 2.13 bits per heavy atom. The van der Waals surface area contributed by atoms with E-state index in [2.05, 4.69) is 4.99 Å². The normalized spacial score (nSPS) is 22.6. The van der Waals surface area contributed by atoms with Gasteiger partial charge < -0.3 is 5.73 Å². The minimum atomic E-state index is 0.0251. The van der Waals surface area contributed by atoms with E-state index in [1.54, 1.807) is 0 Å². The highest BCUT2D eigenvalue weighted by molar-refractivity contribution is 6.05. The Bertz CT molecular complexity index is 329. The molecule has 0 amide bonds. The molecule has 4 heteroatoms. The van der Waals surface area contributed by atoms with E-state index < -0.39 is 0 Å². The molecule has 0 radical (unpaired) electrons. The highest BCUT2D eigenvalue weighted by atomic mass is 16.1. The van der Waals surface area contributed by atoms with Gasteiger partial charge in [-0.2, -0.15) is 0 Å². The number of carbonyl (C=O) groups excluding carboxylic acids is 2. The summed E-state index contributed by atoms with van der Waals surface area (Å²) < 4.78 is 0. The minimum Gasteiger partial charge on any atom is -0.396 e. The lowest BCUT2D eigenvalue weighted by atomic mass is 9.91. The molecule has 0 aromatic heterocycles. The van der Waals surface area contributed by atoms with E-state index in [-0.39, 0.29) is 18.0 Å². The lowest BCUT2D eigenvalue weighted by Crippen LogP contribution is -2.17. The number of Topliss-reactive ketones (excluding diaryl/α,β-unsaturated/α-hetero) is 1. The Labute approximate surface area is 89.3 Å². The largest absolute Gasteiger partial charge is 0.396 e. The van der Waals surface area contributed by atoms with Gasteiger partial charge in [0, 0.05) is 5.71 Å². The first-order chi connectivity index (χ1) is 7.15. The number of carbonyl (C=O) groups is 2. The first kappa shape index (κ1) is 11.6. The Morgan fingerprint density at radius 3 is 2.73 bits per heavy atom. The summed E-state index contributed by atoms with van der Waals surface area (Å²) in [7, 11) is 0. The zero-order chi connectivity index (χ0) is 11.3. The van der Waals surface area contributed by atoms with Crippen LogP contribution in [0, 0.1) is 0 Å². The topological polar surface area (TPSA) is 72.5 Å². The van der Waals surface area contributed by atoms with Crippen molar-refractivity contribution < 1.29 is 9.59 Å². The van der Waals surface area contributed by atoms with Crippen LogP contribution in [-0.4, -0.2) is 24.3 Å². The summed E-state index contributed by atoms with van der Waals surface area (Å²) in [5, 5.41) is 0. The maximum absolute atomic E-state index is 10.8. The number of rotatable bonds is 3. The zero-order valence-corrected chi connectivity index (χ0v) is 8.95. The molecule has 4 nitrogen and oxygen atoms in total. The lowest BCUT2D eigenvalue weighted by Gasteiger charge is -2.17. The second kappa shape index (κ2) is 5.44. The van der Waals surface area contributed by atoms with Crippen molar-refractivity contribution in [2.24, 2.45) is 10.7 Å². The fraction of sp³-hybridized carbons (Fsp3) is 0.545. The Morgan fingerprint density at radius 1 is 1.47 bits per heavy atom. The molecule has 0 aliphatic heterocycles. The van der Waals surface area contributed by atoms with Gasteiger partial charge in [-0.1, -0.05) is 0 Å². The molecular weight excluding hydrogens is 192 g/mol. The van der Waals surface area contributed by atoms with Crippen molar-refractivity contribution in [1.29, 1.82) is 0 Å². The van der Waals surface area contributed by atoms with Crippen LogP contribution < -0.4 is 5.73 Å². The number of nitrogens with two attached hydrogens (primary N) is 1. The van der Waals surface area contributed by atoms with Gasteiger partial charge in [0.2, 0.25) is 0 Å². The molecule has 1 aliphatic rings. The number of hydrogen-bond donors (Lipinski definition) is 1. The van der Waals surface area contributed by atoms with Crippen LogP contribution in [0.4, 0.5) is 0 Å². The summed E-state index contributed by atoms with van der Waals surface area (Å²) in [6.45, 7) is 1.68. The highest BCUT2D eigenvalue weighted by Crippen LogP contribution is 2.22. The monoisotopic (exact) mass is 208 g/mol. The Balaban J connectivity index is 2.87. The number of hydrogen-bond acceptors (Lipinski definition) is 4. The highest BCUT2D eigenvalue weighted by Gasteiger charge is 2.16. The maximum Gasteiger partial charge on any atom is 0.166 e. The van der Waals surface area contributed by atoms with E-state index in [0.29, 0.717) is 6.29 Å². The molecule has 0 spiro atoms. The second-order valence-electron chi connectivity index (χ2n) is 3.72. The van der Waals surface area contributed by atoms with Crippen molar-refractivity contribution in [2.45, 2.75) is 32.6 Å². The predicted octanol–water partition coefficient (Wildman–Crippen LogP) is 1.00. The number of allylic oxidation sites excluding steroid dienone is 2. The molecule has 15 heavy (non-hydrogen) atoms. The lowest BCUT2D eigenvalue weighted by molar-refractivity contribution is -0.115. The summed E-state index contributed by atoms with van der Waals surface area (Å²) in [5.41, 5.74) is 7.52. The standard InChI is InChI=1S/C11H16N2O2/c1-8(15)6-13-11-5-3-2-4-9(11)10(12)7-14/h7H,2-6,12H2,1H3/b10-9-,13-11?. The van der Waals surface area contributed by atoms with E-state index in [4.69, 9.17) is 5.73 Å². The van der Waals surface area contributed by atoms with Crippen LogP contribution in [0.3, 0.4) is 0 Å². The van der Waals surface area contributed by atoms with Crippen LogP contribution in [0.2, 0.25) is 0 Å². The fourth-order valence-electron chi connectivity index (χ4n) is 1.65. The first-order valence-electron chi connectivity index (χ1n) is 5.12. The van der Waals surface area contributed by atoms with Crippen molar-refractivity contribution in [3.63, 3.8) is 0 Å². The van der Waals surface area contributed by atoms with Crippen LogP contribution in [-0.2, 0) is 9.59 Å². The quantitative estimate of drug-likeness (QED) is 0.555. The number of nitrogens with zero attached hydrogens (tertiary/aromatic N) is 1. The number of aliphatic imine (C=N–C) groups is 1. The van der Waals surface area contributed by atoms with E-state index in [0.717, 1.165) is 37.0 Å². The van der Waals surface area contributed by atoms with Gasteiger partial charge in [0.15, 0.2) is 12.1 Å². The Kier molecular flexibility index (Phi) is 4.21. The summed E-state index contributed by atoms with van der Waals surface area (Å²) in [4.78, 5) is 25.6. The van der Waals surface area contributed by atoms with E-state index in [9.17, 15) is 9.59 Å². The van der Waals surface area contributed by atoms with Crippen molar-refractivity contribution in [1.82, 2.24) is 0 Å². The third kappa shape index (κ3) is 3.31. The zero-order valence-electron chi connectivity index (χ0n) is 8.95. The maximum atomic E-state index is 10.8. The SMILES string of the molecule is CC(=O)CN=C1CCCC/C1=C(/N)C=O.